The third-order valence-electron chi connectivity index (χ3n) is 3.06. The fourth-order valence-electron chi connectivity index (χ4n) is 1.98. The summed E-state index contributed by atoms with van der Waals surface area (Å²) in [6, 6.07) is 0.170. The Bertz CT molecular complexity index is 378. The Labute approximate surface area is 109 Å². The lowest BCUT2D eigenvalue weighted by molar-refractivity contribution is 0.0692. The number of nitrogens with two attached hydrogens (primary N) is 1. The number of aromatic nitrogens is 2. The van der Waals surface area contributed by atoms with E-state index in [0.717, 1.165) is 25.8 Å². The molecule has 5 heteroatoms. The van der Waals surface area contributed by atoms with E-state index in [9.17, 15) is 4.79 Å². The zero-order valence-electron chi connectivity index (χ0n) is 11.8. The predicted molar refractivity (Wildman–Crippen MR) is 73.3 cm³/mol. The van der Waals surface area contributed by atoms with Crippen molar-refractivity contribution in [1.82, 2.24) is 14.7 Å². The van der Waals surface area contributed by atoms with Crippen LogP contribution in [0.25, 0.3) is 0 Å². The highest BCUT2D eigenvalue weighted by molar-refractivity contribution is 5.97. The van der Waals surface area contributed by atoms with Crippen molar-refractivity contribution in [2.75, 3.05) is 12.3 Å². The Balaban J connectivity index is 2.83. The van der Waals surface area contributed by atoms with Gasteiger partial charge in [-0.1, -0.05) is 19.8 Å². The molecule has 0 saturated heterocycles. The number of nitrogen functional groups attached to an aromatic ring is 1. The zero-order valence-corrected chi connectivity index (χ0v) is 11.8. The van der Waals surface area contributed by atoms with Crippen molar-refractivity contribution >= 4 is 11.6 Å². The summed E-state index contributed by atoms with van der Waals surface area (Å²) in [4.78, 5) is 14.3. The van der Waals surface area contributed by atoms with E-state index >= 15 is 0 Å². The third kappa shape index (κ3) is 3.24. The quantitative estimate of drug-likeness (QED) is 0.788. The average molecular weight is 252 g/mol. The number of unbranched alkanes of at least 4 members (excludes halogenated alkanes) is 2. The number of carbonyl (C=O) groups is 1. The first-order valence-electron chi connectivity index (χ1n) is 6.57. The Morgan fingerprint density at radius 2 is 2.17 bits per heavy atom. The smallest absolute Gasteiger partial charge is 0.274 e. The van der Waals surface area contributed by atoms with Crippen LogP contribution in [0.4, 0.5) is 5.69 Å². The second-order valence-electron chi connectivity index (χ2n) is 4.87. The summed E-state index contributed by atoms with van der Waals surface area (Å²) < 4.78 is 1.55. The standard InChI is InChI=1S/C13H24N4O/c1-5-6-7-8-17(10(2)3)13(18)12-11(14)9-15-16(12)4/h9-10H,5-8,14H2,1-4H3. The molecule has 0 spiro atoms. The molecule has 0 fully saturated rings. The number of aryl methyl sites for hydroxylation is 1. The van der Waals surface area contributed by atoms with Gasteiger partial charge in [0.05, 0.1) is 11.9 Å². The fraction of sp³-hybridized carbons (Fsp3) is 0.692. The minimum absolute atomic E-state index is 0.0291. The molecule has 0 aliphatic heterocycles. The van der Waals surface area contributed by atoms with Crippen molar-refractivity contribution < 1.29 is 4.79 Å². The molecule has 0 aliphatic rings. The highest BCUT2D eigenvalue weighted by atomic mass is 16.2. The highest BCUT2D eigenvalue weighted by Gasteiger charge is 2.23. The minimum Gasteiger partial charge on any atom is -0.396 e. The van der Waals surface area contributed by atoms with Gasteiger partial charge in [0.2, 0.25) is 0 Å². The number of carbonyl (C=O) groups excluding carboxylic acids is 1. The molecule has 0 aliphatic carbocycles. The topological polar surface area (TPSA) is 64.2 Å². The number of rotatable bonds is 6. The molecule has 1 amide bonds. The Morgan fingerprint density at radius 1 is 1.50 bits per heavy atom. The molecule has 1 aromatic rings. The van der Waals surface area contributed by atoms with Gasteiger partial charge >= 0.3 is 0 Å². The normalized spacial score (nSPS) is 10.9. The fourth-order valence-corrected chi connectivity index (χ4v) is 1.98. The van der Waals surface area contributed by atoms with Gasteiger partial charge in [0.1, 0.15) is 5.69 Å². The largest absolute Gasteiger partial charge is 0.396 e. The average Bonchev–Trinajstić information content (AvgIpc) is 2.63. The van der Waals surface area contributed by atoms with Gasteiger partial charge in [-0.05, 0) is 20.3 Å². The summed E-state index contributed by atoms with van der Waals surface area (Å²) in [5.41, 5.74) is 6.74. The van der Waals surface area contributed by atoms with Gasteiger partial charge in [-0.3, -0.25) is 9.48 Å². The van der Waals surface area contributed by atoms with Crippen LogP contribution < -0.4 is 5.73 Å². The Morgan fingerprint density at radius 3 is 2.61 bits per heavy atom. The molecule has 102 valence electrons. The van der Waals surface area contributed by atoms with Crippen molar-refractivity contribution in [3.05, 3.63) is 11.9 Å². The maximum absolute atomic E-state index is 12.5. The summed E-state index contributed by atoms with van der Waals surface area (Å²) in [6.07, 6.45) is 4.83. The lowest BCUT2D eigenvalue weighted by Crippen LogP contribution is -2.39. The minimum atomic E-state index is -0.0291. The zero-order chi connectivity index (χ0) is 13.7. The van der Waals surface area contributed by atoms with Gasteiger partial charge in [-0.2, -0.15) is 5.10 Å². The van der Waals surface area contributed by atoms with Crippen LogP contribution in [0.15, 0.2) is 6.20 Å². The Kier molecular flexibility index (Phi) is 5.19. The first-order chi connectivity index (χ1) is 8.49. The molecule has 1 aromatic heterocycles. The van der Waals surface area contributed by atoms with Gasteiger partial charge in [0.15, 0.2) is 0 Å². The second kappa shape index (κ2) is 6.42. The summed E-state index contributed by atoms with van der Waals surface area (Å²) in [5.74, 6) is -0.0291. The second-order valence-corrected chi connectivity index (χ2v) is 4.87. The molecular formula is C13H24N4O. The first kappa shape index (κ1) is 14.5. The van der Waals surface area contributed by atoms with E-state index in [-0.39, 0.29) is 11.9 Å². The molecule has 1 heterocycles. The molecule has 18 heavy (non-hydrogen) atoms. The van der Waals surface area contributed by atoms with E-state index in [1.54, 1.807) is 11.7 Å². The lowest BCUT2D eigenvalue weighted by Gasteiger charge is -2.27. The van der Waals surface area contributed by atoms with E-state index in [2.05, 4.69) is 12.0 Å². The number of hydrogen-bond donors (Lipinski definition) is 1. The first-order valence-corrected chi connectivity index (χ1v) is 6.57. The molecule has 0 unspecified atom stereocenters. The summed E-state index contributed by atoms with van der Waals surface area (Å²) in [6.45, 7) is 6.97. The molecule has 0 radical (unpaired) electrons. The maximum Gasteiger partial charge on any atom is 0.274 e. The van der Waals surface area contributed by atoms with Crippen molar-refractivity contribution in [1.29, 1.82) is 0 Å². The lowest BCUT2D eigenvalue weighted by atomic mass is 10.2. The molecule has 0 atom stereocenters. The number of amides is 1. The number of anilines is 1. The predicted octanol–water partition coefficient (Wildman–Crippen LogP) is 2.04. The van der Waals surface area contributed by atoms with E-state index in [1.807, 2.05) is 18.7 Å². The van der Waals surface area contributed by atoms with Gasteiger partial charge < -0.3 is 10.6 Å². The number of nitrogens with zero attached hydrogens (tertiary/aromatic N) is 3. The van der Waals surface area contributed by atoms with Crippen LogP contribution in [-0.4, -0.2) is 33.2 Å². The molecule has 0 aromatic carbocycles. The molecule has 2 N–H and O–H groups in total. The summed E-state index contributed by atoms with van der Waals surface area (Å²) in [5, 5.41) is 4.02. The maximum atomic E-state index is 12.5. The molecule has 5 nitrogen and oxygen atoms in total. The molecule has 1 rings (SSSR count). The summed E-state index contributed by atoms with van der Waals surface area (Å²) >= 11 is 0. The van der Waals surface area contributed by atoms with Gasteiger partial charge in [0, 0.05) is 19.6 Å². The van der Waals surface area contributed by atoms with Crippen LogP contribution >= 0.6 is 0 Å². The third-order valence-corrected chi connectivity index (χ3v) is 3.06. The van der Waals surface area contributed by atoms with E-state index < -0.39 is 0 Å². The molecule has 0 saturated carbocycles. The monoisotopic (exact) mass is 252 g/mol. The van der Waals surface area contributed by atoms with E-state index in [0.29, 0.717) is 11.4 Å². The van der Waals surface area contributed by atoms with E-state index in [4.69, 9.17) is 5.73 Å². The van der Waals surface area contributed by atoms with Crippen LogP contribution in [0.3, 0.4) is 0 Å². The molecule has 0 bridgehead atoms. The SMILES string of the molecule is CCCCCN(C(=O)c1c(N)cnn1C)C(C)C. The van der Waals surface area contributed by atoms with Gasteiger partial charge in [0.25, 0.3) is 5.91 Å². The Hall–Kier alpha value is -1.52. The van der Waals surface area contributed by atoms with E-state index in [1.165, 1.54) is 6.20 Å². The van der Waals surface area contributed by atoms with Crippen LogP contribution in [-0.2, 0) is 7.05 Å². The summed E-state index contributed by atoms with van der Waals surface area (Å²) in [7, 11) is 1.74. The number of hydrogen-bond acceptors (Lipinski definition) is 3. The highest BCUT2D eigenvalue weighted by Crippen LogP contribution is 2.15. The van der Waals surface area contributed by atoms with Crippen molar-refractivity contribution in [3.8, 4) is 0 Å². The van der Waals surface area contributed by atoms with Gasteiger partial charge in [-0.15, -0.1) is 0 Å². The molecular weight excluding hydrogens is 228 g/mol. The van der Waals surface area contributed by atoms with Crippen LogP contribution in [0.2, 0.25) is 0 Å². The van der Waals surface area contributed by atoms with Crippen LogP contribution in [0.5, 0.6) is 0 Å². The van der Waals surface area contributed by atoms with Crippen LogP contribution in [0.1, 0.15) is 50.5 Å². The van der Waals surface area contributed by atoms with Crippen LogP contribution in [0, 0.1) is 0 Å². The van der Waals surface area contributed by atoms with Gasteiger partial charge in [-0.25, -0.2) is 0 Å². The van der Waals surface area contributed by atoms with Crippen molar-refractivity contribution in [2.45, 2.75) is 46.1 Å². The van der Waals surface area contributed by atoms with Crippen molar-refractivity contribution in [3.63, 3.8) is 0 Å². The van der Waals surface area contributed by atoms with Crippen molar-refractivity contribution in [2.24, 2.45) is 7.05 Å².